The number of rotatable bonds is 7. The fourth-order valence-electron chi connectivity index (χ4n) is 2.95. The summed E-state index contributed by atoms with van der Waals surface area (Å²) in [6, 6.07) is -0.0396. The normalized spacial score (nSPS) is 27.2. The Morgan fingerprint density at radius 3 is 2.50 bits per heavy atom. The van der Waals surface area contributed by atoms with Gasteiger partial charge in [-0.05, 0) is 38.6 Å². The van der Waals surface area contributed by atoms with Gasteiger partial charge in [-0.1, -0.05) is 20.3 Å². The van der Waals surface area contributed by atoms with Crippen molar-refractivity contribution in [3.8, 4) is 0 Å². The minimum atomic E-state index is -3.46. The molecule has 5 nitrogen and oxygen atoms in total. The van der Waals surface area contributed by atoms with Crippen LogP contribution in [0.15, 0.2) is 0 Å². The Bertz CT molecular complexity index is 407. The predicted molar refractivity (Wildman–Crippen MR) is 79.3 cm³/mol. The maximum absolute atomic E-state index is 12.5. The Labute approximate surface area is 122 Å². The average Bonchev–Trinajstić information content (AvgIpc) is 2.39. The summed E-state index contributed by atoms with van der Waals surface area (Å²) < 4.78 is 29.7. The summed E-state index contributed by atoms with van der Waals surface area (Å²) in [6.07, 6.45) is 3.55. The van der Waals surface area contributed by atoms with E-state index < -0.39 is 26.8 Å². The zero-order valence-corrected chi connectivity index (χ0v) is 13.5. The largest absolute Gasteiger partial charge is 0.465 e. The third-order valence-electron chi connectivity index (χ3n) is 4.03. The molecule has 118 valence electrons. The molecule has 0 amide bonds. The van der Waals surface area contributed by atoms with Crippen molar-refractivity contribution in [2.45, 2.75) is 57.7 Å². The fourth-order valence-corrected chi connectivity index (χ4v) is 4.87. The Hall–Kier alpha value is -0.620. The van der Waals surface area contributed by atoms with Crippen LogP contribution in [-0.2, 0) is 19.4 Å². The molecule has 0 aromatic rings. The van der Waals surface area contributed by atoms with Gasteiger partial charge in [-0.25, -0.2) is 8.42 Å². The number of hydrogen-bond donors (Lipinski definition) is 1. The van der Waals surface area contributed by atoms with Crippen LogP contribution >= 0.6 is 0 Å². The molecular formula is C14H27NO4S. The lowest BCUT2D eigenvalue weighted by molar-refractivity contribution is -0.139. The second-order valence-corrected chi connectivity index (χ2v) is 7.62. The Balaban J connectivity index is 2.82. The number of nitrogens with one attached hydrogen (secondary N) is 1. The molecule has 1 rings (SSSR count). The summed E-state index contributed by atoms with van der Waals surface area (Å²) in [5.41, 5.74) is 0. The lowest BCUT2D eigenvalue weighted by Crippen LogP contribution is -2.49. The SMILES string of the molecule is CCNC1CCC(CC)CC1S(=O)(=O)CC(=O)OCC. The van der Waals surface area contributed by atoms with Gasteiger partial charge in [0.1, 0.15) is 5.75 Å². The minimum Gasteiger partial charge on any atom is -0.465 e. The standard InChI is InChI=1S/C14H27NO4S/c1-4-11-7-8-12(15-5-2)13(9-11)20(17,18)10-14(16)19-6-3/h11-13,15H,4-10H2,1-3H3. The smallest absolute Gasteiger partial charge is 0.321 e. The van der Waals surface area contributed by atoms with E-state index in [1.807, 2.05) is 6.92 Å². The van der Waals surface area contributed by atoms with Crippen molar-refractivity contribution in [2.75, 3.05) is 18.9 Å². The van der Waals surface area contributed by atoms with E-state index in [-0.39, 0.29) is 12.6 Å². The molecule has 1 fully saturated rings. The van der Waals surface area contributed by atoms with Crippen molar-refractivity contribution in [3.63, 3.8) is 0 Å². The van der Waals surface area contributed by atoms with Crippen molar-refractivity contribution in [2.24, 2.45) is 5.92 Å². The second-order valence-electron chi connectivity index (χ2n) is 5.40. The van der Waals surface area contributed by atoms with Crippen LogP contribution in [-0.4, -0.2) is 44.6 Å². The summed E-state index contributed by atoms with van der Waals surface area (Å²) in [7, 11) is -3.46. The van der Waals surface area contributed by atoms with Gasteiger partial charge in [0.25, 0.3) is 0 Å². The number of esters is 1. The van der Waals surface area contributed by atoms with Crippen molar-refractivity contribution < 1.29 is 17.9 Å². The predicted octanol–water partition coefficient (Wildman–Crippen LogP) is 1.52. The van der Waals surface area contributed by atoms with E-state index in [0.717, 1.165) is 25.8 Å². The maximum Gasteiger partial charge on any atom is 0.321 e. The second kappa shape index (κ2) is 7.98. The molecule has 20 heavy (non-hydrogen) atoms. The number of carbonyl (C=O) groups is 1. The molecule has 0 aromatic carbocycles. The zero-order valence-electron chi connectivity index (χ0n) is 12.7. The van der Waals surface area contributed by atoms with E-state index in [1.165, 1.54) is 0 Å². The number of hydrogen-bond acceptors (Lipinski definition) is 5. The lowest BCUT2D eigenvalue weighted by Gasteiger charge is -2.35. The Kier molecular flexibility index (Phi) is 6.95. The van der Waals surface area contributed by atoms with E-state index in [9.17, 15) is 13.2 Å². The van der Waals surface area contributed by atoms with E-state index >= 15 is 0 Å². The van der Waals surface area contributed by atoms with Crippen LogP contribution in [0.2, 0.25) is 0 Å². The van der Waals surface area contributed by atoms with Crippen LogP contribution in [0.1, 0.15) is 46.5 Å². The molecule has 0 aliphatic heterocycles. The van der Waals surface area contributed by atoms with Crippen LogP contribution in [0.3, 0.4) is 0 Å². The Morgan fingerprint density at radius 1 is 1.25 bits per heavy atom. The fraction of sp³-hybridized carbons (Fsp3) is 0.929. The topological polar surface area (TPSA) is 72.5 Å². The van der Waals surface area contributed by atoms with Gasteiger partial charge < -0.3 is 10.1 Å². The summed E-state index contributed by atoms with van der Waals surface area (Å²) in [5.74, 6) is -0.697. The number of ether oxygens (including phenoxy) is 1. The van der Waals surface area contributed by atoms with Crippen molar-refractivity contribution in [1.82, 2.24) is 5.32 Å². The highest BCUT2D eigenvalue weighted by atomic mass is 32.2. The van der Waals surface area contributed by atoms with Gasteiger partial charge in [0.2, 0.25) is 0 Å². The first kappa shape index (κ1) is 17.4. The molecule has 0 heterocycles. The molecule has 1 aliphatic carbocycles. The first-order valence-corrected chi connectivity index (χ1v) is 9.26. The lowest BCUT2D eigenvalue weighted by atomic mass is 9.84. The molecule has 0 aromatic heterocycles. The van der Waals surface area contributed by atoms with Gasteiger partial charge in [0.05, 0.1) is 11.9 Å². The van der Waals surface area contributed by atoms with E-state index in [1.54, 1.807) is 6.92 Å². The van der Waals surface area contributed by atoms with Gasteiger partial charge in [0, 0.05) is 6.04 Å². The van der Waals surface area contributed by atoms with Crippen LogP contribution in [0.25, 0.3) is 0 Å². The summed E-state index contributed by atoms with van der Waals surface area (Å²) >= 11 is 0. The molecule has 1 N–H and O–H groups in total. The highest BCUT2D eigenvalue weighted by Crippen LogP contribution is 2.31. The third-order valence-corrected chi connectivity index (χ3v) is 6.11. The molecule has 6 heteroatoms. The first-order chi connectivity index (χ1) is 9.44. The summed E-state index contributed by atoms with van der Waals surface area (Å²) in [5, 5.41) is 2.79. The van der Waals surface area contributed by atoms with E-state index in [0.29, 0.717) is 12.3 Å². The molecule has 1 aliphatic rings. The van der Waals surface area contributed by atoms with Crippen molar-refractivity contribution in [3.05, 3.63) is 0 Å². The van der Waals surface area contributed by atoms with Gasteiger partial charge in [-0.2, -0.15) is 0 Å². The number of carbonyl (C=O) groups excluding carboxylic acids is 1. The minimum absolute atomic E-state index is 0.0396. The molecule has 0 bridgehead atoms. The third kappa shape index (κ3) is 4.74. The number of sulfone groups is 1. The average molecular weight is 305 g/mol. The highest BCUT2D eigenvalue weighted by Gasteiger charge is 2.39. The quantitative estimate of drug-likeness (QED) is 0.722. The van der Waals surface area contributed by atoms with Crippen molar-refractivity contribution in [1.29, 1.82) is 0 Å². The van der Waals surface area contributed by atoms with Gasteiger partial charge in [0.15, 0.2) is 9.84 Å². The van der Waals surface area contributed by atoms with E-state index in [2.05, 4.69) is 12.2 Å². The first-order valence-electron chi connectivity index (χ1n) is 7.55. The van der Waals surface area contributed by atoms with Crippen LogP contribution in [0.5, 0.6) is 0 Å². The molecule has 0 spiro atoms. The van der Waals surface area contributed by atoms with Gasteiger partial charge in [-0.15, -0.1) is 0 Å². The molecule has 0 radical (unpaired) electrons. The van der Waals surface area contributed by atoms with Crippen molar-refractivity contribution >= 4 is 15.8 Å². The van der Waals surface area contributed by atoms with Crippen LogP contribution in [0.4, 0.5) is 0 Å². The van der Waals surface area contributed by atoms with Gasteiger partial charge >= 0.3 is 5.97 Å². The molecule has 0 saturated heterocycles. The highest BCUT2D eigenvalue weighted by molar-refractivity contribution is 7.92. The molecular weight excluding hydrogens is 278 g/mol. The zero-order chi connectivity index (χ0) is 15.2. The Morgan fingerprint density at radius 2 is 1.95 bits per heavy atom. The molecule has 3 unspecified atom stereocenters. The van der Waals surface area contributed by atoms with E-state index in [4.69, 9.17) is 4.74 Å². The molecule has 3 atom stereocenters. The summed E-state index contributed by atoms with van der Waals surface area (Å²) in [4.78, 5) is 11.5. The van der Waals surface area contributed by atoms with Gasteiger partial charge in [-0.3, -0.25) is 4.79 Å². The summed E-state index contributed by atoms with van der Waals surface area (Å²) in [6.45, 7) is 6.70. The monoisotopic (exact) mass is 305 g/mol. The van der Waals surface area contributed by atoms with Crippen LogP contribution in [0, 0.1) is 5.92 Å². The molecule has 1 saturated carbocycles. The maximum atomic E-state index is 12.5. The van der Waals surface area contributed by atoms with Crippen LogP contribution < -0.4 is 5.32 Å².